The van der Waals surface area contributed by atoms with Crippen LogP contribution < -0.4 is 14.8 Å². The summed E-state index contributed by atoms with van der Waals surface area (Å²) in [5, 5.41) is 2.35. The van der Waals surface area contributed by atoms with Crippen LogP contribution in [0.1, 0.15) is 6.92 Å². The fourth-order valence-electron chi connectivity index (χ4n) is 1.06. The van der Waals surface area contributed by atoms with Crippen molar-refractivity contribution in [1.82, 2.24) is 5.32 Å². The molecule has 1 aromatic rings. The Bertz CT molecular complexity index is 389. The first-order valence-electron chi connectivity index (χ1n) is 4.71. The number of carbonyl (C=O) groups is 2. The van der Waals surface area contributed by atoms with Crippen molar-refractivity contribution in [3.8, 4) is 11.5 Å². The Morgan fingerprint density at radius 2 is 1.88 bits per heavy atom. The molecule has 0 spiro atoms. The average molecular weight is 223 g/mol. The summed E-state index contributed by atoms with van der Waals surface area (Å²) < 4.78 is 10.0. The molecule has 0 aliphatic heterocycles. The fraction of sp³-hybridized carbons (Fsp3) is 0.273. The van der Waals surface area contributed by atoms with Crippen molar-refractivity contribution in [2.75, 3.05) is 13.7 Å². The van der Waals surface area contributed by atoms with Crippen LogP contribution in [0, 0.1) is 0 Å². The zero-order valence-electron chi connectivity index (χ0n) is 9.15. The molecule has 86 valence electrons. The Kier molecular flexibility index (Phi) is 4.32. The molecule has 5 heteroatoms. The largest absolute Gasteiger partial charge is 0.493 e. The third kappa shape index (κ3) is 3.61. The summed E-state index contributed by atoms with van der Waals surface area (Å²) >= 11 is 0. The number of esters is 1. The lowest BCUT2D eigenvalue weighted by molar-refractivity contribution is -0.135. The van der Waals surface area contributed by atoms with E-state index in [1.807, 2.05) is 0 Å². The molecule has 0 fully saturated rings. The lowest BCUT2D eigenvalue weighted by atomic mass is 10.3. The smallest absolute Gasteiger partial charge is 0.330 e. The van der Waals surface area contributed by atoms with Gasteiger partial charge in [0, 0.05) is 6.92 Å². The second-order valence-electron chi connectivity index (χ2n) is 3.03. The molecule has 1 amide bonds. The third-order valence-corrected chi connectivity index (χ3v) is 1.77. The molecule has 0 saturated heterocycles. The first kappa shape index (κ1) is 12.0. The molecule has 1 N–H and O–H groups in total. The summed E-state index contributed by atoms with van der Waals surface area (Å²) in [6, 6.07) is 6.79. The van der Waals surface area contributed by atoms with E-state index < -0.39 is 5.97 Å². The van der Waals surface area contributed by atoms with Crippen LogP contribution >= 0.6 is 0 Å². The Hall–Kier alpha value is -2.04. The van der Waals surface area contributed by atoms with E-state index in [-0.39, 0.29) is 12.5 Å². The van der Waals surface area contributed by atoms with Gasteiger partial charge in [-0.25, -0.2) is 4.79 Å². The van der Waals surface area contributed by atoms with Gasteiger partial charge in [-0.1, -0.05) is 12.1 Å². The number of amides is 1. The summed E-state index contributed by atoms with van der Waals surface area (Å²) in [6.07, 6.45) is 0. The number of hydrogen-bond acceptors (Lipinski definition) is 4. The average Bonchev–Trinajstić information content (AvgIpc) is 2.27. The Morgan fingerprint density at radius 1 is 1.25 bits per heavy atom. The number of benzene rings is 1. The van der Waals surface area contributed by atoms with Crippen LogP contribution in [0.25, 0.3) is 0 Å². The summed E-state index contributed by atoms with van der Waals surface area (Å²) in [7, 11) is 1.49. The minimum Gasteiger partial charge on any atom is -0.493 e. The maximum Gasteiger partial charge on any atom is 0.330 e. The van der Waals surface area contributed by atoms with Gasteiger partial charge in [-0.15, -0.1) is 0 Å². The maximum absolute atomic E-state index is 11.3. The van der Waals surface area contributed by atoms with Crippen molar-refractivity contribution in [3.05, 3.63) is 24.3 Å². The van der Waals surface area contributed by atoms with Crippen LogP contribution in [0.15, 0.2) is 24.3 Å². The van der Waals surface area contributed by atoms with Crippen molar-refractivity contribution in [3.63, 3.8) is 0 Å². The molecule has 0 saturated carbocycles. The number of hydrogen-bond donors (Lipinski definition) is 1. The van der Waals surface area contributed by atoms with Gasteiger partial charge in [0.25, 0.3) is 0 Å². The molecule has 0 aliphatic carbocycles. The molecular weight excluding hydrogens is 210 g/mol. The van der Waals surface area contributed by atoms with E-state index in [0.29, 0.717) is 11.5 Å². The Balaban J connectivity index is 2.58. The van der Waals surface area contributed by atoms with Gasteiger partial charge in [-0.3, -0.25) is 4.79 Å². The second kappa shape index (κ2) is 5.75. The van der Waals surface area contributed by atoms with E-state index in [2.05, 4.69) is 5.32 Å². The molecule has 5 nitrogen and oxygen atoms in total. The van der Waals surface area contributed by atoms with Crippen LogP contribution in [0.2, 0.25) is 0 Å². The van der Waals surface area contributed by atoms with Gasteiger partial charge in [-0.05, 0) is 12.1 Å². The molecule has 0 atom stereocenters. The normalized spacial score (nSPS) is 9.38. The third-order valence-electron chi connectivity index (χ3n) is 1.77. The first-order valence-corrected chi connectivity index (χ1v) is 4.71. The lowest BCUT2D eigenvalue weighted by Crippen LogP contribution is -2.30. The van der Waals surface area contributed by atoms with Gasteiger partial charge in [0.2, 0.25) is 5.91 Å². The quantitative estimate of drug-likeness (QED) is 0.604. The second-order valence-corrected chi connectivity index (χ2v) is 3.03. The van der Waals surface area contributed by atoms with Crippen molar-refractivity contribution in [1.29, 1.82) is 0 Å². The van der Waals surface area contributed by atoms with E-state index in [1.54, 1.807) is 24.3 Å². The number of para-hydroxylation sites is 2. The summed E-state index contributed by atoms with van der Waals surface area (Å²) in [5.41, 5.74) is 0. The van der Waals surface area contributed by atoms with Gasteiger partial charge in [-0.2, -0.15) is 0 Å². The summed E-state index contributed by atoms with van der Waals surface area (Å²) in [5.74, 6) is -0.0179. The number of ether oxygens (including phenoxy) is 2. The van der Waals surface area contributed by atoms with Gasteiger partial charge in [0.15, 0.2) is 11.5 Å². The van der Waals surface area contributed by atoms with Crippen LogP contribution in [-0.2, 0) is 9.59 Å². The topological polar surface area (TPSA) is 64.6 Å². The van der Waals surface area contributed by atoms with Gasteiger partial charge in [0.1, 0.15) is 6.54 Å². The molecule has 1 rings (SSSR count). The number of nitrogens with one attached hydrogen (secondary N) is 1. The van der Waals surface area contributed by atoms with Crippen molar-refractivity contribution >= 4 is 11.9 Å². The molecule has 0 radical (unpaired) electrons. The van der Waals surface area contributed by atoms with Crippen molar-refractivity contribution < 1.29 is 19.1 Å². The highest BCUT2D eigenvalue weighted by molar-refractivity contribution is 5.81. The van der Waals surface area contributed by atoms with Crippen LogP contribution in [0.3, 0.4) is 0 Å². The molecule has 16 heavy (non-hydrogen) atoms. The van der Waals surface area contributed by atoms with Crippen LogP contribution in [0.5, 0.6) is 11.5 Å². The Morgan fingerprint density at radius 3 is 2.44 bits per heavy atom. The summed E-state index contributed by atoms with van der Waals surface area (Å²) in [4.78, 5) is 21.9. The molecule has 0 aliphatic rings. The van der Waals surface area contributed by atoms with E-state index in [4.69, 9.17) is 9.47 Å². The number of methoxy groups -OCH3 is 1. The molecule has 0 bridgehead atoms. The van der Waals surface area contributed by atoms with Crippen molar-refractivity contribution in [2.24, 2.45) is 0 Å². The molecule has 1 aromatic carbocycles. The highest BCUT2D eigenvalue weighted by Gasteiger charge is 2.09. The number of carbonyl (C=O) groups excluding carboxylic acids is 2. The highest BCUT2D eigenvalue weighted by atomic mass is 16.6. The number of rotatable bonds is 4. The monoisotopic (exact) mass is 223 g/mol. The zero-order chi connectivity index (χ0) is 12.0. The predicted molar refractivity (Wildman–Crippen MR) is 57.3 cm³/mol. The van der Waals surface area contributed by atoms with Crippen LogP contribution in [0.4, 0.5) is 0 Å². The van der Waals surface area contributed by atoms with Crippen molar-refractivity contribution in [2.45, 2.75) is 6.92 Å². The maximum atomic E-state index is 11.3. The lowest BCUT2D eigenvalue weighted by Gasteiger charge is -2.08. The minimum absolute atomic E-state index is 0.159. The minimum atomic E-state index is -0.542. The van der Waals surface area contributed by atoms with Gasteiger partial charge in [0.05, 0.1) is 7.11 Å². The Labute approximate surface area is 93.4 Å². The SMILES string of the molecule is COc1ccccc1OC(=O)CNC(C)=O. The zero-order valence-corrected chi connectivity index (χ0v) is 9.15. The molecule has 0 unspecified atom stereocenters. The van der Waals surface area contributed by atoms with E-state index in [9.17, 15) is 9.59 Å². The van der Waals surface area contributed by atoms with E-state index in [0.717, 1.165) is 0 Å². The van der Waals surface area contributed by atoms with Gasteiger partial charge >= 0.3 is 5.97 Å². The molecule has 0 aromatic heterocycles. The highest BCUT2D eigenvalue weighted by Crippen LogP contribution is 2.25. The first-order chi connectivity index (χ1) is 7.63. The predicted octanol–water partition coefficient (Wildman–Crippen LogP) is 0.737. The van der Waals surface area contributed by atoms with Crippen LogP contribution in [-0.4, -0.2) is 25.5 Å². The van der Waals surface area contributed by atoms with Gasteiger partial charge < -0.3 is 14.8 Å². The fourth-order valence-corrected chi connectivity index (χ4v) is 1.06. The van der Waals surface area contributed by atoms with E-state index >= 15 is 0 Å². The van der Waals surface area contributed by atoms with E-state index in [1.165, 1.54) is 14.0 Å². The standard InChI is InChI=1S/C11H13NO4/c1-8(13)12-7-11(14)16-10-6-4-3-5-9(10)15-2/h3-6H,7H2,1-2H3,(H,12,13). The summed E-state index contributed by atoms with van der Waals surface area (Å²) in [6.45, 7) is 1.17. The molecular formula is C11H13NO4. The molecule has 0 heterocycles.